The number of rotatable bonds is 3. The fourth-order valence-corrected chi connectivity index (χ4v) is 4.70. The first-order chi connectivity index (χ1) is 13.1. The summed E-state index contributed by atoms with van der Waals surface area (Å²) in [6.45, 7) is 0.751. The fraction of sp³-hybridized carbons (Fsp3) is 0.278. The molecule has 0 bridgehead atoms. The van der Waals surface area contributed by atoms with E-state index in [0.717, 1.165) is 12.1 Å². The predicted molar refractivity (Wildman–Crippen MR) is 98.6 cm³/mol. The van der Waals surface area contributed by atoms with Crippen molar-refractivity contribution < 1.29 is 21.6 Å². The van der Waals surface area contributed by atoms with Crippen LogP contribution in [0.1, 0.15) is 11.1 Å². The maximum Gasteiger partial charge on any atom is 0.416 e. The van der Waals surface area contributed by atoms with Gasteiger partial charge in [0.05, 0.1) is 21.0 Å². The molecular weight excluding hydrogens is 415 g/mol. The third-order valence-corrected chi connectivity index (χ3v) is 6.68. The molecule has 148 valence electrons. The van der Waals surface area contributed by atoms with Crippen LogP contribution in [0.2, 0.25) is 5.02 Å². The van der Waals surface area contributed by atoms with Crippen LogP contribution in [0, 0.1) is 11.3 Å². The van der Waals surface area contributed by atoms with Crippen LogP contribution >= 0.6 is 11.6 Å². The number of halogens is 4. The second kappa shape index (κ2) is 7.62. The van der Waals surface area contributed by atoms with Crippen LogP contribution in [-0.2, 0) is 16.2 Å². The summed E-state index contributed by atoms with van der Waals surface area (Å²) >= 11 is 5.92. The summed E-state index contributed by atoms with van der Waals surface area (Å²) in [5.41, 5.74) is -0.171. The Kier molecular flexibility index (Phi) is 5.57. The zero-order chi connectivity index (χ0) is 20.5. The number of benzene rings is 2. The van der Waals surface area contributed by atoms with E-state index in [9.17, 15) is 21.6 Å². The molecule has 0 unspecified atom stereocenters. The smallest absolute Gasteiger partial charge is 0.369 e. The van der Waals surface area contributed by atoms with Crippen molar-refractivity contribution >= 4 is 27.3 Å². The van der Waals surface area contributed by atoms with Crippen molar-refractivity contribution in [2.75, 3.05) is 31.1 Å². The molecule has 28 heavy (non-hydrogen) atoms. The molecule has 0 amide bonds. The Morgan fingerprint density at radius 1 is 1.04 bits per heavy atom. The number of piperazine rings is 1. The molecule has 1 fully saturated rings. The number of nitrogens with zero attached hydrogens (tertiary/aromatic N) is 3. The number of hydrogen-bond donors (Lipinski definition) is 0. The topological polar surface area (TPSA) is 64.4 Å². The maximum absolute atomic E-state index is 12.9. The lowest BCUT2D eigenvalue weighted by Gasteiger charge is -2.35. The van der Waals surface area contributed by atoms with Gasteiger partial charge in [0.1, 0.15) is 6.07 Å². The van der Waals surface area contributed by atoms with Gasteiger partial charge < -0.3 is 4.90 Å². The number of hydrogen-bond acceptors (Lipinski definition) is 4. The Labute approximate surface area is 165 Å². The van der Waals surface area contributed by atoms with Crippen LogP contribution in [0.15, 0.2) is 47.4 Å². The third kappa shape index (κ3) is 4.09. The highest BCUT2D eigenvalue weighted by atomic mass is 35.5. The second-order valence-electron chi connectivity index (χ2n) is 6.19. The van der Waals surface area contributed by atoms with E-state index in [4.69, 9.17) is 16.9 Å². The highest BCUT2D eigenvalue weighted by molar-refractivity contribution is 7.89. The van der Waals surface area contributed by atoms with Crippen LogP contribution in [0.25, 0.3) is 0 Å². The molecule has 0 radical (unpaired) electrons. The summed E-state index contributed by atoms with van der Waals surface area (Å²) in [4.78, 5) is 1.69. The van der Waals surface area contributed by atoms with Gasteiger partial charge in [0.2, 0.25) is 10.0 Å². The lowest BCUT2D eigenvalue weighted by molar-refractivity contribution is -0.137. The van der Waals surface area contributed by atoms with E-state index in [1.165, 1.54) is 28.6 Å². The summed E-state index contributed by atoms with van der Waals surface area (Å²) in [5, 5.41) is 8.95. The minimum absolute atomic E-state index is 0.0241. The summed E-state index contributed by atoms with van der Waals surface area (Å²) in [6, 6.07) is 10.7. The first-order valence-corrected chi connectivity index (χ1v) is 10.1. The van der Waals surface area contributed by atoms with Crippen LogP contribution < -0.4 is 4.90 Å². The van der Waals surface area contributed by atoms with Gasteiger partial charge in [0.15, 0.2) is 0 Å². The van der Waals surface area contributed by atoms with Crippen molar-refractivity contribution in [2.45, 2.75) is 11.1 Å². The number of alkyl halides is 3. The molecule has 0 saturated carbocycles. The van der Waals surface area contributed by atoms with Crippen molar-refractivity contribution in [1.29, 1.82) is 5.26 Å². The van der Waals surface area contributed by atoms with E-state index in [1.54, 1.807) is 11.0 Å². The van der Waals surface area contributed by atoms with Crippen molar-refractivity contribution in [2.24, 2.45) is 0 Å². The van der Waals surface area contributed by atoms with Crippen molar-refractivity contribution in [1.82, 2.24) is 4.31 Å². The quantitative estimate of drug-likeness (QED) is 0.745. The highest BCUT2D eigenvalue weighted by Crippen LogP contribution is 2.32. The van der Waals surface area contributed by atoms with Crippen molar-refractivity contribution in [3.8, 4) is 6.07 Å². The summed E-state index contributed by atoms with van der Waals surface area (Å²) in [5.74, 6) is 0. The average Bonchev–Trinajstić information content (AvgIpc) is 2.67. The van der Waals surface area contributed by atoms with Gasteiger partial charge in [-0.1, -0.05) is 17.7 Å². The van der Waals surface area contributed by atoms with Gasteiger partial charge in [-0.3, -0.25) is 0 Å². The highest BCUT2D eigenvalue weighted by Gasteiger charge is 2.32. The molecule has 0 N–H and O–H groups in total. The third-order valence-electron chi connectivity index (χ3n) is 4.48. The van der Waals surface area contributed by atoms with Crippen LogP contribution in [-0.4, -0.2) is 38.9 Å². The molecule has 1 aliphatic rings. The van der Waals surface area contributed by atoms with E-state index < -0.39 is 21.8 Å². The minimum atomic E-state index is -4.43. The molecule has 1 saturated heterocycles. The summed E-state index contributed by atoms with van der Waals surface area (Å²) in [6.07, 6.45) is -4.43. The molecule has 10 heteroatoms. The van der Waals surface area contributed by atoms with Gasteiger partial charge in [-0.25, -0.2) is 8.42 Å². The van der Waals surface area contributed by atoms with E-state index >= 15 is 0 Å². The van der Waals surface area contributed by atoms with Crippen LogP contribution in [0.5, 0.6) is 0 Å². The molecule has 0 atom stereocenters. The van der Waals surface area contributed by atoms with Gasteiger partial charge in [0, 0.05) is 31.9 Å². The lowest BCUT2D eigenvalue weighted by Crippen LogP contribution is -2.48. The van der Waals surface area contributed by atoms with Crippen LogP contribution in [0.3, 0.4) is 0 Å². The summed E-state index contributed by atoms with van der Waals surface area (Å²) < 4.78 is 65.5. The minimum Gasteiger partial charge on any atom is -0.369 e. The normalized spacial score (nSPS) is 16.0. The molecular formula is C18H15ClF3N3O2S. The first-order valence-electron chi connectivity index (χ1n) is 8.25. The van der Waals surface area contributed by atoms with Crippen molar-refractivity contribution in [3.63, 3.8) is 0 Å². The standard InChI is InChI=1S/C18H15ClF3N3O2S/c19-17-11-16(5-4-13(17)12-23)28(26,27)25-8-6-24(7-9-25)15-3-1-2-14(10-15)18(20,21)22/h1-5,10-11H,6-9H2. The Morgan fingerprint density at radius 3 is 2.29 bits per heavy atom. The number of nitriles is 1. The fourth-order valence-electron chi connectivity index (χ4n) is 2.96. The molecule has 0 aliphatic carbocycles. The number of sulfonamides is 1. The zero-order valence-electron chi connectivity index (χ0n) is 14.4. The molecule has 3 rings (SSSR count). The van der Waals surface area contributed by atoms with Gasteiger partial charge in [-0.15, -0.1) is 0 Å². The molecule has 5 nitrogen and oxygen atoms in total. The Morgan fingerprint density at radius 2 is 1.71 bits per heavy atom. The van der Waals surface area contributed by atoms with Gasteiger partial charge in [0.25, 0.3) is 0 Å². The second-order valence-corrected chi connectivity index (χ2v) is 8.54. The first kappa shape index (κ1) is 20.5. The largest absolute Gasteiger partial charge is 0.416 e. The van der Waals surface area contributed by atoms with E-state index in [0.29, 0.717) is 5.69 Å². The Balaban J connectivity index is 1.75. The van der Waals surface area contributed by atoms with E-state index in [-0.39, 0.29) is 41.7 Å². The molecule has 2 aromatic carbocycles. The monoisotopic (exact) mass is 429 g/mol. The lowest BCUT2D eigenvalue weighted by atomic mass is 10.1. The predicted octanol–water partition coefficient (Wildman–Crippen LogP) is 3.74. The van der Waals surface area contributed by atoms with Gasteiger partial charge in [-0.2, -0.15) is 22.7 Å². The number of anilines is 1. The van der Waals surface area contributed by atoms with Crippen LogP contribution in [0.4, 0.5) is 18.9 Å². The zero-order valence-corrected chi connectivity index (χ0v) is 16.0. The van der Waals surface area contributed by atoms with Gasteiger partial charge in [-0.05, 0) is 36.4 Å². The molecule has 2 aromatic rings. The van der Waals surface area contributed by atoms with E-state index in [2.05, 4.69) is 0 Å². The molecule has 0 spiro atoms. The molecule has 1 heterocycles. The molecule has 0 aromatic heterocycles. The van der Waals surface area contributed by atoms with E-state index in [1.807, 2.05) is 6.07 Å². The molecule has 1 aliphatic heterocycles. The summed E-state index contributed by atoms with van der Waals surface area (Å²) in [7, 11) is -3.81. The van der Waals surface area contributed by atoms with Gasteiger partial charge >= 0.3 is 6.18 Å². The average molecular weight is 430 g/mol. The Bertz CT molecular complexity index is 1030. The maximum atomic E-state index is 12.9. The van der Waals surface area contributed by atoms with Crippen molar-refractivity contribution in [3.05, 3.63) is 58.6 Å². The Hall–Kier alpha value is -2.28. The SMILES string of the molecule is N#Cc1ccc(S(=O)(=O)N2CCN(c3cccc(C(F)(F)F)c3)CC2)cc1Cl.